The number of anilines is 1. The molecule has 1 aliphatic heterocycles. The van der Waals surface area contributed by atoms with E-state index in [9.17, 15) is 14.4 Å². The molecule has 40 heavy (non-hydrogen) atoms. The molecule has 2 aromatic heterocycles. The van der Waals surface area contributed by atoms with E-state index in [2.05, 4.69) is 31.3 Å². The van der Waals surface area contributed by atoms with E-state index in [-0.39, 0.29) is 12.0 Å². The largest absolute Gasteiger partial charge is 0.478 e. The summed E-state index contributed by atoms with van der Waals surface area (Å²) < 4.78 is 8.77. The van der Waals surface area contributed by atoms with Crippen molar-refractivity contribution in [2.45, 2.75) is 25.4 Å². The van der Waals surface area contributed by atoms with E-state index in [0.717, 1.165) is 6.42 Å². The van der Waals surface area contributed by atoms with Gasteiger partial charge >= 0.3 is 5.97 Å². The zero-order chi connectivity index (χ0) is 28.1. The summed E-state index contributed by atoms with van der Waals surface area (Å²) in [6, 6.07) is 11.5. The quantitative estimate of drug-likeness (QED) is 0.259. The molecule has 1 atom stereocenters. The highest BCUT2D eigenvalue weighted by Crippen LogP contribution is 2.21. The molecule has 13 nitrogen and oxygen atoms in total. The molecular formula is C26H23ClN8O5. The van der Waals surface area contributed by atoms with Crippen LogP contribution in [0.2, 0.25) is 5.02 Å². The van der Waals surface area contributed by atoms with Gasteiger partial charge in [0.2, 0.25) is 17.7 Å². The number of aromatic nitrogens is 6. The smallest absolute Gasteiger partial charge is 0.335 e. The van der Waals surface area contributed by atoms with Gasteiger partial charge in [-0.25, -0.2) is 9.48 Å². The monoisotopic (exact) mass is 562 g/mol. The van der Waals surface area contributed by atoms with Crippen LogP contribution in [0.15, 0.2) is 60.9 Å². The number of fused-ring (bicyclic) bond motifs is 1. The second kappa shape index (κ2) is 11.8. The van der Waals surface area contributed by atoms with Gasteiger partial charge in [-0.3, -0.25) is 9.59 Å². The SMILES string of the molecule is O=C(C=Cc1cc(Cl)ccc1-n1cnnn1)NC(Cc1cc2n(n1)CCCO2)C(=O)Nc1ccc(C(=O)O)cc1. The number of carbonyl (C=O) groups excluding carboxylic acids is 2. The van der Waals surface area contributed by atoms with E-state index in [1.54, 1.807) is 35.0 Å². The van der Waals surface area contributed by atoms with Gasteiger partial charge in [-0.05, 0) is 59.0 Å². The molecule has 0 bridgehead atoms. The number of carbonyl (C=O) groups is 3. The van der Waals surface area contributed by atoms with Crippen molar-refractivity contribution in [1.82, 2.24) is 35.3 Å². The van der Waals surface area contributed by atoms with E-state index in [1.807, 2.05) is 0 Å². The summed E-state index contributed by atoms with van der Waals surface area (Å²) in [6.07, 6.45) is 5.15. The van der Waals surface area contributed by atoms with Crippen molar-refractivity contribution in [3.05, 3.63) is 82.8 Å². The van der Waals surface area contributed by atoms with Crippen LogP contribution < -0.4 is 15.4 Å². The topological polar surface area (TPSA) is 166 Å². The number of hydrogen-bond donors (Lipinski definition) is 3. The molecule has 204 valence electrons. The Hall–Kier alpha value is -5.04. The molecule has 0 fully saturated rings. The second-order valence-corrected chi connectivity index (χ2v) is 9.26. The summed E-state index contributed by atoms with van der Waals surface area (Å²) in [4.78, 5) is 37.4. The number of carboxylic acids is 1. The lowest BCUT2D eigenvalue weighted by atomic mass is 10.1. The van der Waals surface area contributed by atoms with Crippen LogP contribution >= 0.6 is 11.6 Å². The lowest BCUT2D eigenvalue weighted by Crippen LogP contribution is -2.44. The molecular weight excluding hydrogens is 540 g/mol. The van der Waals surface area contributed by atoms with E-state index < -0.39 is 23.8 Å². The Balaban J connectivity index is 1.35. The van der Waals surface area contributed by atoms with E-state index in [1.165, 1.54) is 41.4 Å². The van der Waals surface area contributed by atoms with Gasteiger partial charge in [-0.15, -0.1) is 5.10 Å². The Morgan fingerprint density at radius 3 is 2.70 bits per heavy atom. The summed E-state index contributed by atoms with van der Waals surface area (Å²) >= 11 is 6.16. The molecule has 2 aromatic carbocycles. The van der Waals surface area contributed by atoms with Crippen molar-refractivity contribution in [3.8, 4) is 11.6 Å². The van der Waals surface area contributed by atoms with Gasteiger partial charge in [-0.2, -0.15) is 9.78 Å². The number of hydrogen-bond acceptors (Lipinski definition) is 8. The Labute approximate surface area is 232 Å². The van der Waals surface area contributed by atoms with Crippen LogP contribution in [-0.4, -0.2) is 65.5 Å². The number of halogens is 1. The van der Waals surface area contributed by atoms with Gasteiger partial charge in [0, 0.05) is 47.8 Å². The predicted molar refractivity (Wildman–Crippen MR) is 143 cm³/mol. The van der Waals surface area contributed by atoms with Crippen LogP contribution in [-0.2, 0) is 22.6 Å². The fourth-order valence-electron chi connectivity index (χ4n) is 4.09. The molecule has 3 N–H and O–H groups in total. The van der Waals surface area contributed by atoms with Crippen LogP contribution in [0.3, 0.4) is 0 Å². The lowest BCUT2D eigenvalue weighted by molar-refractivity contribution is -0.123. The average molecular weight is 563 g/mol. The molecule has 5 rings (SSSR count). The third kappa shape index (κ3) is 6.32. The number of aryl methyl sites for hydroxylation is 1. The van der Waals surface area contributed by atoms with Gasteiger partial charge in [0.25, 0.3) is 0 Å². The summed E-state index contributed by atoms with van der Waals surface area (Å²) in [5.41, 5.74) is 2.20. The number of aromatic carboxylic acids is 1. The average Bonchev–Trinajstić information content (AvgIpc) is 3.62. The van der Waals surface area contributed by atoms with Crippen LogP contribution in [0.1, 0.15) is 28.0 Å². The van der Waals surface area contributed by atoms with Crippen molar-refractivity contribution >= 4 is 41.1 Å². The van der Waals surface area contributed by atoms with Gasteiger partial charge < -0.3 is 20.5 Å². The Bertz CT molecular complexity index is 1540. The second-order valence-electron chi connectivity index (χ2n) is 8.83. The molecule has 14 heteroatoms. The highest BCUT2D eigenvalue weighted by Gasteiger charge is 2.24. The standard InChI is InChI=1S/C26H23ClN8O5/c27-18-5-8-22(35-15-28-32-33-35)17(12-18)4-9-23(36)30-21(13-20-14-24-34(31-20)10-1-11-40-24)25(37)29-19-6-2-16(3-7-19)26(38)39/h2-9,12,14-15,21H,1,10-11,13H2,(H,29,37)(H,30,36)(H,38,39). The summed E-state index contributed by atoms with van der Waals surface area (Å²) in [6.45, 7) is 1.28. The van der Waals surface area contributed by atoms with E-state index >= 15 is 0 Å². The fraction of sp³-hybridized carbons (Fsp3) is 0.192. The zero-order valence-corrected chi connectivity index (χ0v) is 21.7. The number of rotatable bonds is 9. The lowest BCUT2D eigenvalue weighted by Gasteiger charge is -2.17. The van der Waals surface area contributed by atoms with Crippen LogP contribution in [0.25, 0.3) is 11.8 Å². The maximum absolute atomic E-state index is 13.3. The summed E-state index contributed by atoms with van der Waals surface area (Å²) in [7, 11) is 0. The van der Waals surface area contributed by atoms with Crippen molar-refractivity contribution < 1.29 is 24.2 Å². The molecule has 0 aliphatic carbocycles. The molecule has 0 saturated heterocycles. The van der Waals surface area contributed by atoms with Crippen molar-refractivity contribution in [3.63, 3.8) is 0 Å². The third-order valence-electron chi connectivity index (χ3n) is 6.00. The van der Waals surface area contributed by atoms with Gasteiger partial charge in [0.05, 0.1) is 23.6 Å². The van der Waals surface area contributed by atoms with E-state index in [4.69, 9.17) is 21.4 Å². The van der Waals surface area contributed by atoms with Gasteiger partial charge in [0.1, 0.15) is 12.4 Å². The Morgan fingerprint density at radius 1 is 1.15 bits per heavy atom. The maximum Gasteiger partial charge on any atom is 0.335 e. The highest BCUT2D eigenvalue weighted by atomic mass is 35.5. The van der Waals surface area contributed by atoms with Crippen LogP contribution in [0.4, 0.5) is 5.69 Å². The molecule has 0 radical (unpaired) electrons. The zero-order valence-electron chi connectivity index (χ0n) is 20.9. The predicted octanol–water partition coefficient (Wildman–Crippen LogP) is 2.37. The highest BCUT2D eigenvalue weighted by molar-refractivity contribution is 6.30. The molecule has 2 amide bonds. The van der Waals surface area contributed by atoms with Crippen LogP contribution in [0, 0.1) is 0 Å². The molecule has 0 saturated carbocycles. The number of ether oxygens (including phenoxy) is 1. The first-order chi connectivity index (χ1) is 19.4. The van der Waals surface area contributed by atoms with Gasteiger partial charge in [0.15, 0.2) is 0 Å². The fourth-order valence-corrected chi connectivity index (χ4v) is 4.27. The maximum atomic E-state index is 13.3. The minimum absolute atomic E-state index is 0.0821. The first kappa shape index (κ1) is 26.6. The number of carboxylic acid groups (broad SMARTS) is 1. The first-order valence-electron chi connectivity index (χ1n) is 12.2. The minimum Gasteiger partial charge on any atom is -0.478 e. The van der Waals surface area contributed by atoms with Crippen molar-refractivity contribution in [2.24, 2.45) is 0 Å². The molecule has 0 spiro atoms. The molecule has 1 unspecified atom stereocenters. The van der Waals surface area contributed by atoms with Crippen molar-refractivity contribution in [2.75, 3.05) is 11.9 Å². The number of nitrogens with one attached hydrogen (secondary N) is 2. The number of tetrazole rings is 1. The summed E-state index contributed by atoms with van der Waals surface area (Å²) in [5, 5.41) is 30.7. The molecule has 1 aliphatic rings. The Morgan fingerprint density at radius 2 is 1.98 bits per heavy atom. The van der Waals surface area contributed by atoms with E-state index in [0.29, 0.717) is 46.7 Å². The normalized spacial score (nSPS) is 13.3. The van der Waals surface area contributed by atoms with Gasteiger partial charge in [-0.1, -0.05) is 11.6 Å². The minimum atomic E-state index is -1.08. The number of benzene rings is 2. The summed E-state index contributed by atoms with van der Waals surface area (Å²) in [5.74, 6) is -1.52. The Kier molecular flexibility index (Phi) is 7.82. The third-order valence-corrected chi connectivity index (χ3v) is 6.24. The first-order valence-corrected chi connectivity index (χ1v) is 12.6. The van der Waals surface area contributed by atoms with Crippen molar-refractivity contribution in [1.29, 1.82) is 0 Å². The number of amides is 2. The number of nitrogens with zero attached hydrogens (tertiary/aromatic N) is 6. The van der Waals surface area contributed by atoms with Crippen LogP contribution in [0.5, 0.6) is 5.88 Å². The molecule has 4 aromatic rings. The molecule has 3 heterocycles.